The van der Waals surface area contributed by atoms with Crippen molar-refractivity contribution in [2.24, 2.45) is 5.92 Å². The van der Waals surface area contributed by atoms with Crippen LogP contribution in [0.5, 0.6) is 11.5 Å². The molecule has 0 N–H and O–H groups in total. The number of hydrogen-bond acceptors (Lipinski definition) is 5. The molecular formula is C26H30N2O3S. The molecule has 0 aliphatic heterocycles. The van der Waals surface area contributed by atoms with E-state index in [0.717, 1.165) is 54.1 Å². The maximum Gasteiger partial charge on any atom is 0.231 e. The molecule has 2 aromatic carbocycles. The first-order chi connectivity index (χ1) is 15.7. The van der Waals surface area contributed by atoms with E-state index in [9.17, 15) is 4.79 Å². The summed E-state index contributed by atoms with van der Waals surface area (Å²) in [6.07, 6.45) is 6.16. The number of aromatic nitrogens is 1. The average Bonchev–Trinajstić information content (AvgIpc) is 3.35. The predicted octanol–water partition coefficient (Wildman–Crippen LogP) is 5.98. The smallest absolute Gasteiger partial charge is 0.231 e. The molecule has 1 aliphatic rings. The van der Waals surface area contributed by atoms with Crippen LogP contribution in [0.15, 0.2) is 53.9 Å². The Labute approximate surface area is 194 Å². The van der Waals surface area contributed by atoms with Gasteiger partial charge in [0.2, 0.25) is 5.91 Å². The van der Waals surface area contributed by atoms with Crippen molar-refractivity contribution in [1.29, 1.82) is 0 Å². The van der Waals surface area contributed by atoms with Crippen LogP contribution in [0, 0.1) is 5.92 Å². The highest BCUT2D eigenvalue weighted by molar-refractivity contribution is 7.14. The van der Waals surface area contributed by atoms with Crippen LogP contribution in [0.4, 0.5) is 5.13 Å². The summed E-state index contributed by atoms with van der Waals surface area (Å²) in [6.45, 7) is 0.590. The Bertz CT molecular complexity index is 1030. The van der Waals surface area contributed by atoms with Gasteiger partial charge < -0.3 is 9.47 Å². The Balaban J connectivity index is 1.57. The van der Waals surface area contributed by atoms with Crippen molar-refractivity contribution in [2.75, 3.05) is 25.7 Å². The van der Waals surface area contributed by atoms with Gasteiger partial charge in [-0.15, -0.1) is 11.3 Å². The fourth-order valence-corrected chi connectivity index (χ4v) is 5.14. The van der Waals surface area contributed by atoms with E-state index in [1.807, 2.05) is 46.7 Å². The molecule has 4 rings (SSSR count). The van der Waals surface area contributed by atoms with Crippen LogP contribution in [0.3, 0.4) is 0 Å². The van der Waals surface area contributed by atoms with Gasteiger partial charge in [0.05, 0.1) is 19.9 Å². The Kier molecular flexibility index (Phi) is 7.43. The highest BCUT2D eigenvalue weighted by Gasteiger charge is 2.28. The average molecular weight is 451 g/mol. The van der Waals surface area contributed by atoms with Crippen molar-refractivity contribution in [3.63, 3.8) is 0 Å². The first kappa shape index (κ1) is 22.3. The zero-order valence-electron chi connectivity index (χ0n) is 18.8. The van der Waals surface area contributed by atoms with Gasteiger partial charge in [-0.3, -0.25) is 9.69 Å². The molecule has 0 saturated heterocycles. The summed E-state index contributed by atoms with van der Waals surface area (Å²) in [7, 11) is 3.27. The molecule has 1 heterocycles. The maximum absolute atomic E-state index is 13.5. The fraction of sp³-hybridized carbons (Fsp3) is 0.385. The van der Waals surface area contributed by atoms with Gasteiger partial charge >= 0.3 is 0 Å². The van der Waals surface area contributed by atoms with Gasteiger partial charge in [0, 0.05) is 23.4 Å². The number of benzene rings is 2. The molecule has 1 aromatic heterocycles. The highest BCUT2D eigenvalue weighted by atomic mass is 32.1. The first-order valence-electron chi connectivity index (χ1n) is 11.2. The van der Waals surface area contributed by atoms with Crippen LogP contribution in [-0.4, -0.2) is 31.7 Å². The van der Waals surface area contributed by atoms with Crippen LogP contribution in [0.2, 0.25) is 0 Å². The summed E-state index contributed by atoms with van der Waals surface area (Å²) in [6, 6.07) is 16.1. The van der Waals surface area contributed by atoms with E-state index >= 15 is 0 Å². The fourth-order valence-electron chi connectivity index (χ4n) is 4.28. The molecule has 1 aliphatic carbocycles. The Morgan fingerprint density at radius 2 is 1.78 bits per heavy atom. The molecule has 0 spiro atoms. The van der Waals surface area contributed by atoms with Crippen LogP contribution in [-0.2, 0) is 11.2 Å². The molecule has 1 saturated carbocycles. The second kappa shape index (κ2) is 10.6. The third-order valence-electron chi connectivity index (χ3n) is 6.08. The van der Waals surface area contributed by atoms with Crippen molar-refractivity contribution in [1.82, 2.24) is 4.98 Å². The molecule has 3 aromatic rings. The van der Waals surface area contributed by atoms with E-state index in [0.29, 0.717) is 18.0 Å². The molecule has 0 radical (unpaired) electrons. The van der Waals surface area contributed by atoms with Crippen molar-refractivity contribution >= 4 is 22.4 Å². The van der Waals surface area contributed by atoms with Gasteiger partial charge in [-0.2, -0.15) is 0 Å². The zero-order chi connectivity index (χ0) is 22.3. The van der Waals surface area contributed by atoms with Crippen molar-refractivity contribution in [3.05, 3.63) is 59.5 Å². The van der Waals surface area contributed by atoms with Gasteiger partial charge in [-0.25, -0.2) is 4.98 Å². The summed E-state index contributed by atoms with van der Waals surface area (Å²) < 4.78 is 10.8. The van der Waals surface area contributed by atoms with E-state index in [2.05, 4.69) is 12.1 Å². The highest BCUT2D eigenvalue weighted by Crippen LogP contribution is 2.32. The molecule has 0 bridgehead atoms. The van der Waals surface area contributed by atoms with Gasteiger partial charge in [0.1, 0.15) is 0 Å². The maximum atomic E-state index is 13.5. The molecular weight excluding hydrogens is 420 g/mol. The lowest BCUT2D eigenvalue weighted by Crippen LogP contribution is -2.38. The molecule has 5 nitrogen and oxygen atoms in total. The number of methoxy groups -OCH3 is 2. The van der Waals surface area contributed by atoms with E-state index in [1.165, 1.54) is 6.42 Å². The Hall–Kier alpha value is -2.86. The number of nitrogens with zero attached hydrogens (tertiary/aromatic N) is 2. The zero-order valence-corrected chi connectivity index (χ0v) is 19.6. The number of amides is 1. The number of carbonyl (C=O) groups is 1. The van der Waals surface area contributed by atoms with E-state index in [-0.39, 0.29) is 11.8 Å². The summed E-state index contributed by atoms with van der Waals surface area (Å²) >= 11 is 1.54. The summed E-state index contributed by atoms with van der Waals surface area (Å²) in [5, 5.41) is 2.82. The Morgan fingerprint density at radius 3 is 2.50 bits per heavy atom. The summed E-state index contributed by atoms with van der Waals surface area (Å²) in [5.74, 6) is 1.71. The van der Waals surface area contributed by atoms with Gasteiger partial charge in [-0.1, -0.05) is 55.7 Å². The van der Waals surface area contributed by atoms with Crippen LogP contribution < -0.4 is 14.4 Å². The standard InChI is InChI=1S/C26H30N2O3S/c1-30-23-14-13-19(17-24(23)31-2)15-16-28(25(29)21-11-7-4-8-12-21)26-27-22(18-32-26)20-9-5-3-6-10-20/h3,5-6,9-10,13-14,17-18,21H,4,7-8,11-12,15-16H2,1-2H3. The van der Waals surface area contributed by atoms with Crippen LogP contribution in [0.1, 0.15) is 37.7 Å². The summed E-state index contributed by atoms with van der Waals surface area (Å²) in [4.78, 5) is 20.3. The minimum Gasteiger partial charge on any atom is -0.493 e. The predicted molar refractivity (Wildman–Crippen MR) is 130 cm³/mol. The molecule has 168 valence electrons. The topological polar surface area (TPSA) is 51.7 Å². The SMILES string of the molecule is COc1ccc(CCN(C(=O)C2CCCCC2)c2nc(-c3ccccc3)cs2)cc1OC. The lowest BCUT2D eigenvalue weighted by molar-refractivity contribution is -0.123. The van der Waals surface area contributed by atoms with E-state index in [4.69, 9.17) is 14.5 Å². The van der Waals surface area contributed by atoms with Crippen molar-refractivity contribution in [3.8, 4) is 22.8 Å². The van der Waals surface area contributed by atoms with Gasteiger partial charge in [-0.05, 0) is 37.0 Å². The number of thiazole rings is 1. The van der Waals surface area contributed by atoms with Crippen LogP contribution in [0.25, 0.3) is 11.3 Å². The molecule has 0 unspecified atom stereocenters. The lowest BCUT2D eigenvalue weighted by atomic mass is 9.88. The molecule has 1 fully saturated rings. The minimum atomic E-state index is 0.0956. The molecule has 6 heteroatoms. The number of carbonyl (C=O) groups excluding carboxylic acids is 1. The number of ether oxygens (including phenoxy) is 2. The number of rotatable bonds is 8. The van der Waals surface area contributed by atoms with Gasteiger partial charge in [0.15, 0.2) is 16.6 Å². The van der Waals surface area contributed by atoms with Gasteiger partial charge in [0.25, 0.3) is 0 Å². The largest absolute Gasteiger partial charge is 0.493 e. The second-order valence-electron chi connectivity index (χ2n) is 8.15. The Morgan fingerprint density at radius 1 is 1.03 bits per heavy atom. The molecule has 0 atom stereocenters. The lowest BCUT2D eigenvalue weighted by Gasteiger charge is -2.28. The van der Waals surface area contributed by atoms with Crippen molar-refractivity contribution in [2.45, 2.75) is 38.5 Å². The first-order valence-corrected chi connectivity index (χ1v) is 12.1. The normalized spacial score (nSPS) is 14.2. The number of anilines is 1. The van der Waals surface area contributed by atoms with E-state index in [1.54, 1.807) is 25.6 Å². The second-order valence-corrected chi connectivity index (χ2v) is 8.98. The minimum absolute atomic E-state index is 0.0956. The molecule has 32 heavy (non-hydrogen) atoms. The third kappa shape index (κ3) is 5.13. The van der Waals surface area contributed by atoms with Crippen LogP contribution >= 0.6 is 11.3 Å². The van der Waals surface area contributed by atoms with Crippen molar-refractivity contribution < 1.29 is 14.3 Å². The number of hydrogen-bond donors (Lipinski definition) is 0. The summed E-state index contributed by atoms with van der Waals surface area (Å²) in [5.41, 5.74) is 3.09. The third-order valence-corrected chi connectivity index (χ3v) is 6.95. The monoisotopic (exact) mass is 450 g/mol. The quantitative estimate of drug-likeness (QED) is 0.423. The molecule has 1 amide bonds. The van der Waals surface area contributed by atoms with E-state index < -0.39 is 0 Å².